The molecule has 680 valence electrons. The van der Waals surface area contributed by atoms with Crippen LogP contribution in [0.2, 0.25) is 10.0 Å². The van der Waals surface area contributed by atoms with Crippen LogP contribution in [0.3, 0.4) is 0 Å². The second-order valence-corrected chi connectivity index (χ2v) is 44.5. The van der Waals surface area contributed by atoms with Gasteiger partial charge < -0.3 is 94.9 Å². The Morgan fingerprint density at radius 3 is 1.65 bits per heavy atom. The fraction of sp³-hybridized carbons (Fsp3) is 0.435. The maximum atomic E-state index is 12.9. The number of methoxy groups -OCH3 is 2. The Kier molecular flexibility index (Phi) is 34.5. The predicted molar refractivity (Wildman–Crippen MR) is 528 cm³/mol. The van der Waals surface area contributed by atoms with Gasteiger partial charge in [-0.1, -0.05) is 77.3 Å². The zero-order chi connectivity index (χ0) is 90.4. The number of nitrogens with one attached hydrogen (secondary N) is 8. The quantitative estimate of drug-likeness (QED) is 0.0114. The SMILES string of the molecule is CC(C)Oc1cc(N2CCC(N3CCN(CC4CC4)CC3)CC2)ccc1Nc1ncc(Cl)c(Nc2ccccc2P(C)(C)=O)n1.CCNC(=O)N(C)CCN(C)C1CCN(c2ccc(NC(N=CNc3ccccc3P(C)(C)=O)=N/C=C/Cl)c(OC)c2)CC1.COc1cc(-c2cnn(C3CCNCC3)c2)ccc1Nc1ncc(Cl)c(Nc2ccccc2P(C)(C)=O)n1. The molecule has 8 N–H and O–H groups in total. The van der Waals surface area contributed by atoms with Crippen molar-refractivity contribution in [3.63, 3.8) is 0 Å². The molecule has 0 radical (unpaired) electrons. The molecule has 4 saturated heterocycles. The minimum Gasteiger partial charge on any atom is -0.495 e. The summed E-state index contributed by atoms with van der Waals surface area (Å²) in [4.78, 5) is 53.1. The van der Waals surface area contributed by atoms with Gasteiger partial charge in [0.2, 0.25) is 17.9 Å². The van der Waals surface area contributed by atoms with Gasteiger partial charge in [-0.3, -0.25) is 9.58 Å². The summed E-state index contributed by atoms with van der Waals surface area (Å²) in [5, 5.41) is 33.2. The van der Waals surface area contributed by atoms with E-state index in [0.29, 0.717) is 99.0 Å². The van der Waals surface area contributed by atoms with Crippen LogP contribution >= 0.6 is 56.2 Å². The molecule has 0 unspecified atom stereocenters. The first-order valence-corrected chi connectivity index (χ1v) is 52.5. The number of likely N-dealkylation sites (N-methyl/N-ethyl adjacent to an activating group) is 2. The maximum Gasteiger partial charge on any atom is 0.317 e. The van der Waals surface area contributed by atoms with Crippen molar-refractivity contribution < 1.29 is 32.7 Å². The molecule has 35 heteroatoms. The smallest absolute Gasteiger partial charge is 0.317 e. The summed E-state index contributed by atoms with van der Waals surface area (Å²) in [5.74, 6) is 4.90. The van der Waals surface area contributed by atoms with E-state index in [2.05, 4.69) is 138 Å². The molecule has 4 aliphatic heterocycles. The van der Waals surface area contributed by atoms with E-state index in [1.54, 1.807) is 65.3 Å². The van der Waals surface area contributed by atoms with E-state index < -0.39 is 21.4 Å². The van der Waals surface area contributed by atoms with Crippen LogP contribution in [0.4, 0.5) is 73.8 Å². The van der Waals surface area contributed by atoms with Gasteiger partial charge in [0.15, 0.2) is 11.6 Å². The normalized spacial score (nSPS) is 16.1. The number of anilines is 12. The van der Waals surface area contributed by atoms with Gasteiger partial charge >= 0.3 is 6.03 Å². The summed E-state index contributed by atoms with van der Waals surface area (Å²) in [6.45, 7) is 30.7. The first-order valence-electron chi connectivity index (χ1n) is 43.5. The highest BCUT2D eigenvalue weighted by atomic mass is 35.5. The van der Waals surface area contributed by atoms with E-state index in [0.717, 1.165) is 127 Å². The maximum absolute atomic E-state index is 12.9. The number of carbonyl (C=O) groups excluding carboxylic acids is 1. The monoisotopic (exact) mass is 1850 g/mol. The molecule has 2 amide bonds. The summed E-state index contributed by atoms with van der Waals surface area (Å²) in [5.41, 5.74) is 9.91. The van der Waals surface area contributed by atoms with Crippen LogP contribution in [-0.4, -0.2) is 246 Å². The lowest BCUT2D eigenvalue weighted by Gasteiger charge is -2.43. The molecular formula is C92H124Cl3N22O7P3. The number of benzene rings is 6. The van der Waals surface area contributed by atoms with Crippen LogP contribution in [0.1, 0.15) is 78.2 Å². The zero-order valence-corrected chi connectivity index (χ0v) is 80.2. The topological polar surface area (TPSA) is 306 Å². The van der Waals surface area contributed by atoms with Gasteiger partial charge in [0, 0.05) is 166 Å². The van der Waals surface area contributed by atoms with Crippen molar-refractivity contribution in [1.82, 2.24) is 59.9 Å². The lowest BCUT2D eigenvalue weighted by molar-refractivity contribution is 0.0825. The highest BCUT2D eigenvalue weighted by Crippen LogP contribution is 2.44. The largest absolute Gasteiger partial charge is 0.495 e. The Labute approximate surface area is 763 Å². The number of para-hydroxylation sites is 3. The van der Waals surface area contributed by atoms with Gasteiger partial charge in [0.25, 0.3) is 0 Å². The number of carbonyl (C=O) groups is 1. The van der Waals surface area contributed by atoms with Crippen molar-refractivity contribution in [3.05, 3.63) is 174 Å². The van der Waals surface area contributed by atoms with Gasteiger partial charge in [-0.15, -0.1) is 0 Å². The van der Waals surface area contributed by atoms with Gasteiger partial charge in [-0.25, -0.2) is 24.7 Å². The standard InChI is InChI=1S/C34H47ClN7O2P.C31H46ClN8O3P.C27H31ClN7O2P/c1-24(2)44-31-21-27(41-15-13-26(14-16-41)42-19-17-40(18-20-42)23-25-9-10-25)11-12-29(31)38-34-36-22-28(35)33(39-34)37-30-7-5-6-8-32(30)45(3,4)43;1-7-33-31(41)39(3)21-20-38(2)24-14-18-40(19-15-24)25-12-13-26(28(22-25)43-4)37-30(34-17-16-32)36-23-35-27-10-8-9-11-29(27)44(5,6)42;1-37-24-14-18(19-15-31-35(17-19)20-10-12-29-13-11-20)8-9-22(24)33-27-30-16-21(28)26(34-27)32-23-6-4-5-7-25(23)38(2,3)36/h5-8,11-12,21-22,24-26H,9-10,13-20,23H2,1-4H3,(H2,36,37,38,39);8-13,16-17,22-24H,7,14-15,18-21H2,1-6H3,(H,33,41)(H2,34,35,36,37);4-9,14-17,20,29H,10-13H2,1-3H3,(H2,30,32,33,34)/b;17-16+;. The molecule has 1 saturated carbocycles. The van der Waals surface area contributed by atoms with E-state index in [9.17, 15) is 18.5 Å². The van der Waals surface area contributed by atoms with Gasteiger partial charge in [-0.05, 0) is 217 Å². The number of hydrogen-bond acceptors (Lipinski definition) is 23. The fourth-order valence-electron chi connectivity index (χ4n) is 16.0. The minimum absolute atomic E-state index is 0.00348. The number of aromatic nitrogens is 6. The summed E-state index contributed by atoms with van der Waals surface area (Å²) >= 11 is 18.6. The highest BCUT2D eigenvalue weighted by Gasteiger charge is 2.32. The van der Waals surface area contributed by atoms with E-state index >= 15 is 0 Å². The summed E-state index contributed by atoms with van der Waals surface area (Å²) < 4.78 is 58.1. The van der Waals surface area contributed by atoms with E-state index in [-0.39, 0.29) is 18.1 Å². The summed E-state index contributed by atoms with van der Waals surface area (Å²) in [6.07, 6.45) is 19.5. The number of rotatable bonds is 31. The molecule has 0 spiro atoms. The zero-order valence-electron chi connectivity index (χ0n) is 75.2. The lowest BCUT2D eigenvalue weighted by atomic mass is 10.0. The highest BCUT2D eigenvalue weighted by molar-refractivity contribution is 7.71. The van der Waals surface area contributed by atoms with Crippen LogP contribution in [0, 0.1) is 5.92 Å². The molecular weight excluding hydrogens is 1720 g/mol. The van der Waals surface area contributed by atoms with Crippen molar-refractivity contribution >= 4 is 160 Å². The molecule has 7 heterocycles. The van der Waals surface area contributed by atoms with Crippen LogP contribution in [-0.2, 0) is 13.7 Å². The van der Waals surface area contributed by atoms with Crippen LogP contribution in [0.15, 0.2) is 174 Å². The van der Waals surface area contributed by atoms with Crippen molar-refractivity contribution in [3.8, 4) is 28.4 Å². The second-order valence-electron chi connectivity index (χ2n) is 33.9. The Bertz CT molecular complexity index is 5400. The molecule has 5 aliphatic rings. The third-order valence-electron chi connectivity index (χ3n) is 23.1. The third kappa shape index (κ3) is 27.6. The lowest BCUT2D eigenvalue weighted by Crippen LogP contribution is -2.53. The second kappa shape index (κ2) is 45.5. The Morgan fingerprint density at radius 1 is 0.591 bits per heavy atom. The van der Waals surface area contributed by atoms with Crippen molar-refractivity contribution in [2.24, 2.45) is 15.9 Å². The van der Waals surface area contributed by atoms with E-state index in [1.807, 2.05) is 143 Å². The molecule has 29 nitrogen and oxygen atoms in total. The molecule has 9 aromatic rings. The minimum atomic E-state index is -2.52. The van der Waals surface area contributed by atoms with Gasteiger partial charge in [0.1, 0.15) is 48.7 Å². The Hall–Kier alpha value is -9.76. The number of guanidine groups is 1. The average molecular weight is 1850 g/mol. The van der Waals surface area contributed by atoms with Crippen LogP contribution in [0.5, 0.6) is 17.2 Å². The van der Waals surface area contributed by atoms with Gasteiger partial charge in [-0.2, -0.15) is 15.1 Å². The molecule has 0 atom stereocenters. The average Bonchev–Trinajstić information content (AvgIpc) is 1.76. The number of aliphatic imine (C=N–C) groups is 2. The number of ether oxygens (including phenoxy) is 3. The van der Waals surface area contributed by atoms with Crippen molar-refractivity contribution in [2.45, 2.75) is 96.4 Å². The number of halogens is 3. The van der Waals surface area contributed by atoms with Gasteiger partial charge in [0.05, 0.1) is 79.7 Å². The number of amides is 2. The van der Waals surface area contributed by atoms with Crippen LogP contribution in [0.25, 0.3) is 11.1 Å². The first kappa shape index (κ1) is 96.3. The van der Waals surface area contributed by atoms with E-state index in [4.69, 9.17) is 49.0 Å². The molecule has 14 rings (SSSR count). The predicted octanol–water partition coefficient (Wildman–Crippen LogP) is 17.4. The molecule has 0 bridgehead atoms. The molecule has 127 heavy (non-hydrogen) atoms. The third-order valence-corrected chi connectivity index (χ3v) is 28.4. The Balaban J connectivity index is 0.000000174. The Morgan fingerprint density at radius 2 is 1.11 bits per heavy atom. The summed E-state index contributed by atoms with van der Waals surface area (Å²) in [6, 6.07) is 42.2. The first-order chi connectivity index (χ1) is 61.0. The fourth-order valence-corrected chi connectivity index (χ4v) is 19.8. The number of piperidine rings is 3. The molecule has 1 aliphatic carbocycles. The van der Waals surface area contributed by atoms with Crippen molar-refractivity contribution in [2.75, 3.05) is 202 Å². The van der Waals surface area contributed by atoms with Crippen LogP contribution < -0.4 is 82.5 Å². The number of nitrogens with zero attached hydrogens (tertiary/aromatic N) is 14. The molecule has 6 aromatic carbocycles. The van der Waals surface area contributed by atoms with Crippen molar-refractivity contribution in [1.29, 1.82) is 0 Å². The molecule has 5 fully saturated rings. The number of urea groups is 1. The van der Waals surface area contributed by atoms with E-state index in [1.165, 1.54) is 88.4 Å². The number of piperazine rings is 1. The number of hydrogen-bond donors (Lipinski definition) is 8. The summed E-state index contributed by atoms with van der Waals surface area (Å²) in [7, 11) is -0.277. The molecule has 3 aromatic heterocycles.